The van der Waals surface area contributed by atoms with Gasteiger partial charge in [0.05, 0.1) is 0 Å². The predicted octanol–water partition coefficient (Wildman–Crippen LogP) is 1.09. The van der Waals surface area contributed by atoms with Gasteiger partial charge in [-0.05, 0) is 6.92 Å². The molecule has 0 saturated heterocycles. The second kappa shape index (κ2) is 3.73. The Hall–Kier alpha value is -1.23. The molecule has 0 aliphatic heterocycles. The maximum Gasteiger partial charge on any atom is 0.347 e. The molecule has 0 N–H and O–H groups in total. The van der Waals surface area contributed by atoms with Crippen LogP contribution in [-0.4, -0.2) is 5.97 Å². The van der Waals surface area contributed by atoms with Gasteiger partial charge in [0.2, 0.25) is 0 Å². The molecule has 48 valence electrons. The van der Waals surface area contributed by atoms with Gasteiger partial charge < -0.3 is 4.74 Å². The van der Waals surface area contributed by atoms with Gasteiger partial charge in [-0.15, -0.1) is 0 Å². The third-order valence-corrected chi connectivity index (χ3v) is 0.594. The number of rotatable bonds is 1. The fourth-order valence-corrected chi connectivity index (χ4v) is 0.184. The highest BCUT2D eigenvalue weighted by Crippen LogP contribution is 1.88. The van der Waals surface area contributed by atoms with E-state index >= 15 is 0 Å². The number of carbonyl (C=O) groups excluding carboxylic acids is 1. The molecule has 0 unspecified atom stereocenters. The van der Waals surface area contributed by atoms with E-state index in [1.165, 1.54) is 0 Å². The molecule has 0 amide bonds. The zero-order chi connectivity index (χ0) is 7.28. The first-order valence-electron chi connectivity index (χ1n) is 2.47. The molecule has 0 saturated carbocycles. The van der Waals surface area contributed by atoms with Crippen molar-refractivity contribution < 1.29 is 9.53 Å². The quantitative estimate of drug-likeness (QED) is 0.297. The van der Waals surface area contributed by atoms with E-state index in [0.29, 0.717) is 5.57 Å². The monoisotopic (exact) mass is 124 g/mol. The summed E-state index contributed by atoms with van der Waals surface area (Å²) in [6.07, 6.45) is 2.17. The van der Waals surface area contributed by atoms with Crippen molar-refractivity contribution >= 4 is 5.97 Å². The molecule has 2 heteroatoms. The van der Waals surface area contributed by atoms with E-state index in [9.17, 15) is 4.79 Å². The van der Waals surface area contributed by atoms with Crippen molar-refractivity contribution in [3.63, 3.8) is 0 Å². The SMILES string of the molecule is C=C(C)C(=O)OC#CC. The number of hydrogen-bond donors (Lipinski definition) is 0. The normalized spacial score (nSPS) is 6.89. The molecular formula is C7H8O2. The molecule has 0 aliphatic carbocycles. The van der Waals surface area contributed by atoms with Gasteiger partial charge in [0.25, 0.3) is 0 Å². The van der Waals surface area contributed by atoms with Gasteiger partial charge in [0.1, 0.15) is 6.11 Å². The number of hydrogen-bond acceptors (Lipinski definition) is 2. The molecule has 0 spiro atoms. The van der Waals surface area contributed by atoms with Crippen LogP contribution in [0.2, 0.25) is 0 Å². The van der Waals surface area contributed by atoms with E-state index in [1.807, 2.05) is 0 Å². The van der Waals surface area contributed by atoms with Crippen LogP contribution in [0.25, 0.3) is 0 Å². The standard InChI is InChI=1S/C7H8O2/c1-4-5-9-7(8)6(2)3/h2H2,1,3H3. The summed E-state index contributed by atoms with van der Waals surface area (Å²) >= 11 is 0. The summed E-state index contributed by atoms with van der Waals surface area (Å²) in [5, 5.41) is 0. The number of ether oxygens (including phenoxy) is 1. The molecule has 0 aliphatic rings. The summed E-state index contributed by atoms with van der Waals surface area (Å²) in [4.78, 5) is 10.5. The molecule has 0 atom stereocenters. The second-order valence-electron chi connectivity index (χ2n) is 1.52. The summed E-state index contributed by atoms with van der Waals surface area (Å²) in [7, 11) is 0. The van der Waals surface area contributed by atoms with Crippen LogP contribution in [-0.2, 0) is 9.53 Å². The van der Waals surface area contributed by atoms with Crippen LogP contribution in [0.4, 0.5) is 0 Å². The zero-order valence-electron chi connectivity index (χ0n) is 5.52. The third-order valence-electron chi connectivity index (χ3n) is 0.594. The highest BCUT2D eigenvalue weighted by Gasteiger charge is 1.98. The second-order valence-corrected chi connectivity index (χ2v) is 1.52. The van der Waals surface area contributed by atoms with E-state index in [1.54, 1.807) is 13.8 Å². The average molecular weight is 124 g/mol. The predicted molar refractivity (Wildman–Crippen MR) is 34.4 cm³/mol. The minimum Gasteiger partial charge on any atom is -0.369 e. The first-order chi connectivity index (χ1) is 4.18. The first kappa shape index (κ1) is 7.77. The molecule has 0 aromatic heterocycles. The molecule has 0 fully saturated rings. The first-order valence-corrected chi connectivity index (χ1v) is 2.47. The van der Waals surface area contributed by atoms with Crippen molar-refractivity contribution in [1.29, 1.82) is 0 Å². The van der Waals surface area contributed by atoms with Crippen molar-refractivity contribution in [3.8, 4) is 12.0 Å². The van der Waals surface area contributed by atoms with E-state index in [4.69, 9.17) is 0 Å². The van der Waals surface area contributed by atoms with Gasteiger partial charge >= 0.3 is 5.97 Å². The lowest BCUT2D eigenvalue weighted by Crippen LogP contribution is -1.98. The highest BCUT2D eigenvalue weighted by molar-refractivity contribution is 5.87. The molecule has 2 nitrogen and oxygen atoms in total. The van der Waals surface area contributed by atoms with Gasteiger partial charge in [-0.2, -0.15) is 0 Å². The van der Waals surface area contributed by atoms with Crippen molar-refractivity contribution in [3.05, 3.63) is 12.2 Å². The van der Waals surface area contributed by atoms with Crippen molar-refractivity contribution in [1.82, 2.24) is 0 Å². The molecule has 0 bridgehead atoms. The van der Waals surface area contributed by atoms with Crippen LogP contribution in [0.1, 0.15) is 13.8 Å². The summed E-state index contributed by atoms with van der Waals surface area (Å²) < 4.78 is 4.35. The Bertz CT molecular complexity index is 181. The summed E-state index contributed by atoms with van der Waals surface area (Å²) in [6.45, 7) is 6.52. The van der Waals surface area contributed by atoms with Crippen LogP contribution in [0.15, 0.2) is 12.2 Å². The van der Waals surface area contributed by atoms with Crippen LogP contribution >= 0.6 is 0 Å². The summed E-state index contributed by atoms with van der Waals surface area (Å²) in [5.74, 6) is 1.95. The Morgan fingerprint density at radius 2 is 2.22 bits per heavy atom. The Labute approximate surface area is 54.5 Å². The Balaban J connectivity index is 3.74. The summed E-state index contributed by atoms with van der Waals surface area (Å²) in [6, 6.07) is 0. The molecule has 9 heavy (non-hydrogen) atoms. The smallest absolute Gasteiger partial charge is 0.347 e. The maximum absolute atomic E-state index is 10.5. The molecular weight excluding hydrogens is 116 g/mol. The van der Waals surface area contributed by atoms with Gasteiger partial charge in [0, 0.05) is 12.5 Å². The topological polar surface area (TPSA) is 26.3 Å². The third kappa shape index (κ3) is 3.36. The lowest BCUT2D eigenvalue weighted by molar-refractivity contribution is -0.132. The van der Waals surface area contributed by atoms with Crippen molar-refractivity contribution in [2.24, 2.45) is 0 Å². The molecule has 0 radical (unpaired) electrons. The van der Waals surface area contributed by atoms with Gasteiger partial charge in [-0.1, -0.05) is 12.5 Å². The van der Waals surface area contributed by atoms with E-state index < -0.39 is 5.97 Å². The van der Waals surface area contributed by atoms with Crippen LogP contribution in [0.3, 0.4) is 0 Å². The van der Waals surface area contributed by atoms with Gasteiger partial charge in [-0.3, -0.25) is 0 Å². The fraction of sp³-hybridized carbons (Fsp3) is 0.286. The molecule has 0 heterocycles. The van der Waals surface area contributed by atoms with Crippen LogP contribution in [0, 0.1) is 12.0 Å². The van der Waals surface area contributed by atoms with Crippen molar-refractivity contribution in [2.75, 3.05) is 0 Å². The Morgan fingerprint density at radius 3 is 2.56 bits per heavy atom. The van der Waals surface area contributed by atoms with Crippen molar-refractivity contribution in [2.45, 2.75) is 13.8 Å². The minimum atomic E-state index is -0.468. The van der Waals surface area contributed by atoms with Crippen LogP contribution < -0.4 is 0 Å². The maximum atomic E-state index is 10.5. The average Bonchev–Trinajstić information content (AvgIpc) is 1.82. The lowest BCUT2D eigenvalue weighted by Gasteiger charge is -1.90. The molecule has 0 aromatic carbocycles. The molecule has 0 aromatic rings. The fourth-order valence-electron chi connectivity index (χ4n) is 0.184. The van der Waals surface area contributed by atoms with E-state index in [-0.39, 0.29) is 0 Å². The van der Waals surface area contributed by atoms with E-state index in [0.717, 1.165) is 0 Å². The largest absolute Gasteiger partial charge is 0.369 e. The van der Waals surface area contributed by atoms with Crippen LogP contribution in [0.5, 0.6) is 0 Å². The Kier molecular flexibility index (Phi) is 3.22. The highest BCUT2D eigenvalue weighted by atomic mass is 16.5. The van der Waals surface area contributed by atoms with Gasteiger partial charge in [0.15, 0.2) is 0 Å². The summed E-state index contributed by atoms with van der Waals surface area (Å²) in [5.41, 5.74) is 0.359. The zero-order valence-corrected chi connectivity index (χ0v) is 5.52. The minimum absolute atomic E-state index is 0.359. The van der Waals surface area contributed by atoms with Gasteiger partial charge in [-0.25, -0.2) is 4.79 Å². The number of esters is 1. The van der Waals surface area contributed by atoms with E-state index in [2.05, 4.69) is 23.3 Å². The molecule has 0 rings (SSSR count). The Morgan fingerprint density at radius 1 is 1.67 bits per heavy atom. The number of carbonyl (C=O) groups is 1. The lowest BCUT2D eigenvalue weighted by atomic mass is 10.4.